The second-order valence-electron chi connectivity index (χ2n) is 5.34. The minimum atomic E-state index is -0.161. The Morgan fingerprint density at radius 2 is 2.10 bits per heavy atom. The number of carbonyl (C=O) groups excluding carboxylic acids is 1. The number of carbonyl (C=O) groups is 1. The third-order valence-corrected chi connectivity index (χ3v) is 4.41. The molecular formula is C16H19Cl2NO2. The van der Waals surface area contributed by atoms with Gasteiger partial charge in [0.1, 0.15) is 0 Å². The maximum Gasteiger partial charge on any atom is 0.244 e. The number of amides is 1. The average molecular weight is 328 g/mol. The molecule has 1 amide bonds. The van der Waals surface area contributed by atoms with Crippen LogP contribution in [0.15, 0.2) is 24.3 Å². The Morgan fingerprint density at radius 3 is 2.81 bits per heavy atom. The van der Waals surface area contributed by atoms with Gasteiger partial charge in [-0.25, -0.2) is 0 Å². The fraction of sp³-hybridized carbons (Fsp3) is 0.438. The van der Waals surface area contributed by atoms with Crippen LogP contribution < -0.4 is 5.32 Å². The molecular weight excluding hydrogens is 309 g/mol. The lowest BCUT2D eigenvalue weighted by molar-refractivity contribution is -0.117. The minimum absolute atomic E-state index is 0.0570. The van der Waals surface area contributed by atoms with E-state index in [4.69, 9.17) is 23.2 Å². The lowest BCUT2D eigenvalue weighted by Crippen LogP contribution is -2.42. The van der Waals surface area contributed by atoms with Gasteiger partial charge in [0.05, 0.1) is 0 Å². The summed E-state index contributed by atoms with van der Waals surface area (Å²) in [7, 11) is 0. The lowest BCUT2D eigenvalue weighted by atomic mass is 9.85. The second kappa shape index (κ2) is 7.83. The van der Waals surface area contributed by atoms with Crippen molar-refractivity contribution in [2.75, 3.05) is 6.61 Å². The summed E-state index contributed by atoms with van der Waals surface area (Å²) in [5.41, 5.74) is 0.749. The molecule has 114 valence electrons. The van der Waals surface area contributed by atoms with Crippen molar-refractivity contribution in [3.8, 4) is 0 Å². The molecule has 3 nitrogen and oxygen atoms in total. The first kappa shape index (κ1) is 16.3. The highest BCUT2D eigenvalue weighted by atomic mass is 35.5. The predicted octanol–water partition coefficient (Wildman–Crippen LogP) is 3.67. The van der Waals surface area contributed by atoms with Crippen molar-refractivity contribution in [2.24, 2.45) is 5.92 Å². The third kappa shape index (κ3) is 4.73. The molecule has 2 atom stereocenters. The topological polar surface area (TPSA) is 49.3 Å². The monoisotopic (exact) mass is 327 g/mol. The quantitative estimate of drug-likeness (QED) is 0.829. The molecule has 0 spiro atoms. The van der Waals surface area contributed by atoms with Crippen molar-refractivity contribution in [3.63, 3.8) is 0 Å². The summed E-state index contributed by atoms with van der Waals surface area (Å²) in [6.07, 6.45) is 7.24. The van der Waals surface area contributed by atoms with Crippen LogP contribution in [-0.4, -0.2) is 23.7 Å². The molecule has 0 bridgehead atoms. The average Bonchev–Trinajstić information content (AvgIpc) is 2.47. The zero-order chi connectivity index (χ0) is 15.2. The van der Waals surface area contributed by atoms with E-state index in [-0.39, 0.29) is 24.5 Å². The van der Waals surface area contributed by atoms with E-state index in [2.05, 4.69) is 5.32 Å². The van der Waals surface area contributed by atoms with Crippen LogP contribution in [0.1, 0.15) is 31.2 Å². The molecule has 1 saturated carbocycles. The molecule has 0 aliphatic heterocycles. The minimum Gasteiger partial charge on any atom is -0.396 e. The number of hydrogen-bond acceptors (Lipinski definition) is 2. The van der Waals surface area contributed by atoms with Gasteiger partial charge < -0.3 is 10.4 Å². The highest BCUT2D eigenvalue weighted by molar-refractivity contribution is 6.35. The number of hydrogen-bond donors (Lipinski definition) is 2. The van der Waals surface area contributed by atoms with Gasteiger partial charge in [-0.1, -0.05) is 42.1 Å². The van der Waals surface area contributed by atoms with Crippen LogP contribution in [0.5, 0.6) is 0 Å². The van der Waals surface area contributed by atoms with Gasteiger partial charge in [0, 0.05) is 34.7 Å². The highest BCUT2D eigenvalue weighted by Gasteiger charge is 2.25. The maximum absolute atomic E-state index is 12.0. The number of rotatable bonds is 4. The number of benzene rings is 1. The smallest absolute Gasteiger partial charge is 0.244 e. The third-order valence-electron chi connectivity index (χ3n) is 3.85. The van der Waals surface area contributed by atoms with Gasteiger partial charge in [0.15, 0.2) is 0 Å². The Labute approximate surface area is 134 Å². The summed E-state index contributed by atoms with van der Waals surface area (Å²) in [5.74, 6) is 0.00147. The first-order valence-corrected chi connectivity index (χ1v) is 7.90. The summed E-state index contributed by atoms with van der Waals surface area (Å²) in [4.78, 5) is 12.0. The number of aliphatic hydroxyl groups excluding tert-OH is 1. The van der Waals surface area contributed by atoms with Crippen molar-refractivity contribution >= 4 is 35.2 Å². The summed E-state index contributed by atoms with van der Waals surface area (Å²) >= 11 is 11.9. The van der Waals surface area contributed by atoms with E-state index in [0.29, 0.717) is 10.0 Å². The maximum atomic E-state index is 12.0. The van der Waals surface area contributed by atoms with Crippen LogP contribution in [0.4, 0.5) is 0 Å². The molecule has 0 heterocycles. The normalized spacial score (nSPS) is 22.4. The molecule has 2 rings (SSSR count). The summed E-state index contributed by atoms with van der Waals surface area (Å²) in [6.45, 7) is 0.123. The van der Waals surface area contributed by atoms with Crippen molar-refractivity contribution in [1.82, 2.24) is 5.32 Å². The molecule has 5 heteroatoms. The number of nitrogens with one attached hydrogen (secondary N) is 1. The molecule has 1 aliphatic rings. The van der Waals surface area contributed by atoms with Gasteiger partial charge >= 0.3 is 0 Å². The van der Waals surface area contributed by atoms with E-state index in [1.165, 1.54) is 6.08 Å². The van der Waals surface area contributed by atoms with Gasteiger partial charge in [-0.05, 0) is 36.6 Å². The zero-order valence-electron chi connectivity index (χ0n) is 11.7. The van der Waals surface area contributed by atoms with Crippen LogP contribution in [0, 0.1) is 5.92 Å². The fourth-order valence-corrected chi connectivity index (χ4v) is 3.12. The van der Waals surface area contributed by atoms with E-state index >= 15 is 0 Å². The molecule has 2 N–H and O–H groups in total. The van der Waals surface area contributed by atoms with E-state index in [1.807, 2.05) is 0 Å². The molecule has 2 unspecified atom stereocenters. The summed E-state index contributed by atoms with van der Waals surface area (Å²) < 4.78 is 0. The Bertz CT molecular complexity index is 531. The Balaban J connectivity index is 1.95. The first-order valence-electron chi connectivity index (χ1n) is 7.14. The van der Waals surface area contributed by atoms with Crippen molar-refractivity contribution in [1.29, 1.82) is 0 Å². The molecule has 1 fully saturated rings. The molecule has 0 saturated heterocycles. The first-order chi connectivity index (χ1) is 10.1. The molecule has 1 aromatic rings. The van der Waals surface area contributed by atoms with Crippen LogP contribution >= 0.6 is 23.2 Å². The van der Waals surface area contributed by atoms with Crippen LogP contribution in [0.25, 0.3) is 6.08 Å². The second-order valence-corrected chi connectivity index (χ2v) is 6.18. The van der Waals surface area contributed by atoms with Gasteiger partial charge in [0.25, 0.3) is 0 Å². The van der Waals surface area contributed by atoms with Crippen LogP contribution in [0.3, 0.4) is 0 Å². The Hall–Kier alpha value is -1.03. The van der Waals surface area contributed by atoms with Crippen LogP contribution in [0.2, 0.25) is 10.0 Å². The van der Waals surface area contributed by atoms with E-state index < -0.39 is 0 Å². The molecule has 21 heavy (non-hydrogen) atoms. The number of aliphatic hydroxyl groups is 1. The molecule has 1 aliphatic carbocycles. The van der Waals surface area contributed by atoms with E-state index in [1.54, 1.807) is 24.3 Å². The number of halogens is 2. The van der Waals surface area contributed by atoms with Gasteiger partial charge in [-0.2, -0.15) is 0 Å². The van der Waals surface area contributed by atoms with Gasteiger partial charge in [-0.15, -0.1) is 0 Å². The molecule has 0 aromatic heterocycles. The lowest BCUT2D eigenvalue weighted by Gasteiger charge is -2.30. The zero-order valence-corrected chi connectivity index (χ0v) is 13.2. The molecule has 1 aromatic carbocycles. The van der Waals surface area contributed by atoms with Crippen molar-refractivity contribution in [2.45, 2.75) is 31.7 Å². The van der Waals surface area contributed by atoms with Gasteiger partial charge in [-0.3, -0.25) is 4.79 Å². The standard InChI is InChI=1S/C16H19Cl2NO2/c17-13-7-5-11(14(18)9-13)6-8-16(21)19-15-4-2-1-3-12(15)10-20/h5-9,12,15,20H,1-4,10H2,(H,19,21)/b8-6+. The van der Waals surface area contributed by atoms with E-state index in [9.17, 15) is 9.90 Å². The van der Waals surface area contributed by atoms with Crippen LogP contribution in [-0.2, 0) is 4.79 Å². The largest absolute Gasteiger partial charge is 0.396 e. The van der Waals surface area contributed by atoms with Gasteiger partial charge in [0.2, 0.25) is 5.91 Å². The highest BCUT2D eigenvalue weighted by Crippen LogP contribution is 2.24. The summed E-state index contributed by atoms with van der Waals surface area (Å²) in [5, 5.41) is 13.4. The Morgan fingerprint density at radius 1 is 1.33 bits per heavy atom. The SMILES string of the molecule is O=C(/C=C/c1ccc(Cl)cc1Cl)NC1CCCCC1CO. The predicted molar refractivity (Wildman–Crippen MR) is 86.5 cm³/mol. The summed E-state index contributed by atoms with van der Waals surface area (Å²) in [6, 6.07) is 5.20. The van der Waals surface area contributed by atoms with Crippen molar-refractivity contribution in [3.05, 3.63) is 39.9 Å². The molecule has 0 radical (unpaired) electrons. The Kier molecular flexibility index (Phi) is 6.09. The van der Waals surface area contributed by atoms with Crippen molar-refractivity contribution < 1.29 is 9.90 Å². The van der Waals surface area contributed by atoms with E-state index in [0.717, 1.165) is 31.2 Å². The fourth-order valence-electron chi connectivity index (χ4n) is 2.65.